The molecule has 0 spiro atoms. The molecule has 1 aromatic carbocycles. The fraction of sp³-hybridized carbons (Fsp3) is 0.250. The molecule has 0 saturated carbocycles. The maximum atomic E-state index is 12.2. The number of carbonyl (C=O) groups excluding carboxylic acids is 1. The van der Waals surface area contributed by atoms with Gasteiger partial charge in [-0.1, -0.05) is 12.1 Å². The summed E-state index contributed by atoms with van der Waals surface area (Å²) < 4.78 is 10.8. The van der Waals surface area contributed by atoms with Gasteiger partial charge in [-0.2, -0.15) is 5.10 Å². The van der Waals surface area contributed by atoms with Crippen LogP contribution in [0, 0.1) is 0 Å². The maximum absolute atomic E-state index is 12.2. The molecule has 118 valence electrons. The van der Waals surface area contributed by atoms with Gasteiger partial charge in [-0.05, 0) is 29.1 Å². The third-order valence-corrected chi connectivity index (χ3v) is 5.01. The minimum Gasteiger partial charge on any atom is -0.454 e. The molecule has 0 unspecified atom stereocenters. The van der Waals surface area contributed by atoms with Crippen LogP contribution in [0.5, 0.6) is 11.5 Å². The maximum Gasteiger partial charge on any atom is 0.258 e. The second-order valence-corrected chi connectivity index (χ2v) is 6.44. The predicted molar refractivity (Wildman–Crippen MR) is 88.3 cm³/mol. The molecule has 0 bridgehead atoms. The summed E-state index contributed by atoms with van der Waals surface area (Å²) in [4.78, 5) is 13.3. The Morgan fingerprint density at radius 2 is 2.22 bits per heavy atom. The summed E-state index contributed by atoms with van der Waals surface area (Å²) in [6.07, 6.45) is 0.656. The fourth-order valence-electron chi connectivity index (χ4n) is 2.77. The molecule has 2 aromatic rings. The lowest BCUT2D eigenvalue weighted by Crippen LogP contribution is -2.27. The summed E-state index contributed by atoms with van der Waals surface area (Å²) in [6.45, 7) is 0.227. The minimum absolute atomic E-state index is 0.0950. The topological polar surface area (TPSA) is 51.1 Å². The van der Waals surface area contributed by atoms with Gasteiger partial charge in [0, 0.05) is 6.42 Å². The van der Waals surface area contributed by atoms with E-state index in [1.807, 2.05) is 35.7 Å². The van der Waals surface area contributed by atoms with Gasteiger partial charge >= 0.3 is 0 Å². The molecule has 0 fully saturated rings. The second kappa shape index (κ2) is 5.86. The van der Waals surface area contributed by atoms with Crippen LogP contribution in [0.4, 0.5) is 0 Å². The summed E-state index contributed by atoms with van der Waals surface area (Å²) >= 11 is 7.36. The van der Waals surface area contributed by atoms with Crippen molar-refractivity contribution >= 4 is 34.6 Å². The van der Waals surface area contributed by atoms with Crippen LogP contribution < -0.4 is 9.47 Å². The number of alkyl halides is 1. The summed E-state index contributed by atoms with van der Waals surface area (Å²) in [5.74, 6) is 1.12. The molecule has 2 aliphatic heterocycles. The van der Waals surface area contributed by atoms with Crippen molar-refractivity contribution < 1.29 is 14.3 Å². The summed E-state index contributed by atoms with van der Waals surface area (Å²) in [5, 5.41) is 7.99. The van der Waals surface area contributed by atoms with E-state index < -0.39 is 0 Å². The van der Waals surface area contributed by atoms with Crippen molar-refractivity contribution in [2.45, 2.75) is 12.5 Å². The number of thiophene rings is 1. The van der Waals surface area contributed by atoms with E-state index in [2.05, 4.69) is 5.10 Å². The highest BCUT2D eigenvalue weighted by Gasteiger charge is 2.33. The average molecular weight is 349 g/mol. The Labute approximate surface area is 142 Å². The zero-order valence-electron chi connectivity index (χ0n) is 12.1. The van der Waals surface area contributed by atoms with Crippen molar-refractivity contribution in [1.82, 2.24) is 5.01 Å². The molecule has 0 saturated heterocycles. The quantitative estimate of drug-likeness (QED) is 0.799. The van der Waals surface area contributed by atoms with Crippen molar-refractivity contribution in [3.63, 3.8) is 0 Å². The first-order chi connectivity index (χ1) is 11.3. The highest BCUT2D eigenvalue weighted by molar-refractivity contribution is 7.12. The predicted octanol–water partition coefficient (Wildman–Crippen LogP) is 3.39. The minimum atomic E-state index is -0.208. The molecule has 5 nitrogen and oxygen atoms in total. The molecular weight excluding hydrogens is 336 g/mol. The van der Waals surface area contributed by atoms with Gasteiger partial charge in [0.15, 0.2) is 11.5 Å². The van der Waals surface area contributed by atoms with Crippen molar-refractivity contribution in [2.75, 3.05) is 12.7 Å². The highest BCUT2D eigenvalue weighted by atomic mass is 35.5. The Morgan fingerprint density at radius 1 is 1.35 bits per heavy atom. The van der Waals surface area contributed by atoms with E-state index in [4.69, 9.17) is 21.1 Å². The van der Waals surface area contributed by atoms with Gasteiger partial charge in [-0.3, -0.25) is 4.79 Å². The van der Waals surface area contributed by atoms with E-state index in [1.54, 1.807) is 11.3 Å². The van der Waals surface area contributed by atoms with Crippen LogP contribution in [-0.2, 0) is 4.79 Å². The van der Waals surface area contributed by atoms with Crippen LogP contribution in [0.25, 0.3) is 0 Å². The van der Waals surface area contributed by atoms with Crippen LogP contribution in [-0.4, -0.2) is 29.3 Å². The lowest BCUT2D eigenvalue weighted by atomic mass is 10.0. The third kappa shape index (κ3) is 2.58. The van der Waals surface area contributed by atoms with E-state index >= 15 is 0 Å². The fourth-order valence-corrected chi connectivity index (χ4v) is 3.62. The molecule has 0 radical (unpaired) electrons. The van der Waals surface area contributed by atoms with E-state index in [9.17, 15) is 4.79 Å². The van der Waals surface area contributed by atoms with Crippen molar-refractivity contribution in [3.05, 3.63) is 46.2 Å². The van der Waals surface area contributed by atoms with Crippen molar-refractivity contribution in [2.24, 2.45) is 5.10 Å². The zero-order valence-corrected chi connectivity index (χ0v) is 13.6. The molecule has 1 atom stereocenters. The molecule has 7 heteroatoms. The number of amides is 1. The Kier molecular flexibility index (Phi) is 3.71. The van der Waals surface area contributed by atoms with Gasteiger partial charge in [-0.25, -0.2) is 5.01 Å². The molecule has 23 heavy (non-hydrogen) atoms. The number of rotatable bonds is 3. The lowest BCUT2D eigenvalue weighted by Gasteiger charge is -2.21. The number of halogens is 1. The van der Waals surface area contributed by atoms with Crippen LogP contribution in [0.1, 0.15) is 22.9 Å². The number of hydrogen-bond donors (Lipinski definition) is 0. The van der Waals surface area contributed by atoms with Crippen LogP contribution >= 0.6 is 22.9 Å². The monoisotopic (exact) mass is 348 g/mol. The first kappa shape index (κ1) is 14.5. The van der Waals surface area contributed by atoms with Crippen molar-refractivity contribution in [3.8, 4) is 11.5 Å². The zero-order chi connectivity index (χ0) is 15.8. The largest absolute Gasteiger partial charge is 0.454 e. The van der Waals surface area contributed by atoms with Crippen LogP contribution in [0.2, 0.25) is 0 Å². The van der Waals surface area contributed by atoms with Crippen molar-refractivity contribution in [1.29, 1.82) is 0 Å². The Morgan fingerprint density at radius 3 is 3.00 bits per heavy atom. The Balaban J connectivity index is 1.68. The van der Waals surface area contributed by atoms with Crippen LogP contribution in [0.15, 0.2) is 40.8 Å². The molecule has 0 N–H and O–H groups in total. The number of hydrogen-bond acceptors (Lipinski definition) is 5. The number of fused-ring (bicyclic) bond motifs is 1. The number of hydrazone groups is 1. The molecule has 1 aromatic heterocycles. The summed E-state index contributed by atoms with van der Waals surface area (Å²) in [6, 6.07) is 9.53. The van der Waals surface area contributed by atoms with Gasteiger partial charge < -0.3 is 9.47 Å². The number of carbonyl (C=O) groups is 1. The Bertz CT molecular complexity index is 776. The summed E-state index contributed by atoms with van der Waals surface area (Å²) in [5.41, 5.74) is 1.86. The number of ether oxygens (including phenoxy) is 2. The standard InChI is InChI=1S/C16H13ClN2O3S/c17-8-16(20)19-12(7-11(18-19)15-2-1-5-23-15)10-3-4-13-14(6-10)22-9-21-13/h1-6,12H,7-9H2/t12-/m1/s1. The molecule has 2 aliphatic rings. The average Bonchev–Trinajstić information content (AvgIpc) is 3.31. The van der Waals surface area contributed by atoms with Gasteiger partial charge in [0.1, 0.15) is 5.88 Å². The van der Waals surface area contributed by atoms with Crippen LogP contribution in [0.3, 0.4) is 0 Å². The van der Waals surface area contributed by atoms with Gasteiger partial charge in [0.25, 0.3) is 5.91 Å². The normalized spacial score (nSPS) is 19.1. The van der Waals surface area contributed by atoms with Gasteiger partial charge in [0.05, 0.1) is 16.6 Å². The number of benzene rings is 1. The van der Waals surface area contributed by atoms with E-state index in [0.29, 0.717) is 12.2 Å². The highest BCUT2D eigenvalue weighted by Crippen LogP contribution is 2.39. The van der Waals surface area contributed by atoms with Gasteiger partial charge in [0.2, 0.25) is 6.79 Å². The van der Waals surface area contributed by atoms with E-state index in [0.717, 1.165) is 21.9 Å². The van der Waals surface area contributed by atoms with E-state index in [1.165, 1.54) is 5.01 Å². The van der Waals surface area contributed by atoms with Gasteiger partial charge in [-0.15, -0.1) is 22.9 Å². The SMILES string of the molecule is O=C(CCl)N1N=C(c2cccs2)C[C@@H]1c1ccc2c(c1)OCO2. The smallest absolute Gasteiger partial charge is 0.258 e. The molecule has 3 heterocycles. The molecule has 1 amide bonds. The second-order valence-electron chi connectivity index (χ2n) is 5.23. The number of nitrogens with zero attached hydrogens (tertiary/aromatic N) is 2. The Hall–Kier alpha value is -2.05. The molecular formula is C16H13ClN2O3S. The summed E-state index contributed by atoms with van der Waals surface area (Å²) in [7, 11) is 0. The third-order valence-electron chi connectivity index (χ3n) is 3.87. The van der Waals surface area contributed by atoms with E-state index in [-0.39, 0.29) is 24.6 Å². The lowest BCUT2D eigenvalue weighted by molar-refractivity contribution is -0.130. The molecule has 4 rings (SSSR count). The first-order valence-corrected chi connectivity index (χ1v) is 8.56. The first-order valence-electron chi connectivity index (χ1n) is 7.15. The molecule has 0 aliphatic carbocycles.